The first kappa shape index (κ1) is 16.4. The molecule has 108 valence electrons. The van der Waals surface area contributed by atoms with Gasteiger partial charge in [-0.1, -0.05) is 12.1 Å². The van der Waals surface area contributed by atoms with E-state index in [9.17, 15) is 0 Å². The van der Waals surface area contributed by atoms with E-state index < -0.39 is 0 Å². The van der Waals surface area contributed by atoms with Crippen LogP contribution in [0, 0.1) is 0 Å². The van der Waals surface area contributed by atoms with Crippen molar-refractivity contribution in [2.45, 2.75) is 13.0 Å². The van der Waals surface area contributed by atoms with Crippen molar-refractivity contribution in [1.29, 1.82) is 0 Å². The molecular weight excluding hydrogens is 287 g/mol. The maximum atomic E-state index is 5.58. The lowest BCUT2D eigenvalue weighted by molar-refractivity contribution is 0.163. The molecule has 2 heterocycles. The molecule has 4 nitrogen and oxygen atoms in total. The molecule has 1 atom stereocenters. The van der Waals surface area contributed by atoms with E-state index in [1.54, 1.807) is 0 Å². The predicted molar refractivity (Wildman–Crippen MR) is 79.9 cm³/mol. The fourth-order valence-electron chi connectivity index (χ4n) is 2.55. The number of para-hydroxylation sites is 1. The maximum absolute atomic E-state index is 5.58. The summed E-state index contributed by atoms with van der Waals surface area (Å²) in [7, 11) is 0. The van der Waals surface area contributed by atoms with Crippen molar-refractivity contribution in [2.75, 3.05) is 33.0 Å². The molecule has 0 aliphatic carbocycles. The molecule has 1 aromatic rings. The van der Waals surface area contributed by atoms with Gasteiger partial charge in [-0.3, -0.25) is 4.90 Å². The van der Waals surface area contributed by atoms with Crippen LogP contribution in [0.4, 0.5) is 0 Å². The minimum Gasteiger partial charge on any atom is -0.454 e. The number of benzene rings is 1. The molecule has 0 spiro atoms. The Bertz CT molecular complexity index is 412. The number of hydrogen-bond acceptors (Lipinski definition) is 4. The van der Waals surface area contributed by atoms with Crippen molar-refractivity contribution in [3.8, 4) is 11.5 Å². The highest BCUT2D eigenvalue weighted by Gasteiger charge is 2.25. The van der Waals surface area contributed by atoms with Crippen LogP contribution in [-0.2, 0) is 0 Å². The summed E-state index contributed by atoms with van der Waals surface area (Å²) < 4.78 is 11.0. The number of nitrogens with zero attached hydrogens (tertiary/aromatic N) is 1. The Hall–Kier alpha value is -0.680. The van der Waals surface area contributed by atoms with Gasteiger partial charge in [0.1, 0.15) is 0 Å². The van der Waals surface area contributed by atoms with E-state index in [-0.39, 0.29) is 24.8 Å². The Morgan fingerprint density at radius 1 is 1.16 bits per heavy atom. The van der Waals surface area contributed by atoms with Gasteiger partial charge in [0, 0.05) is 37.8 Å². The Balaban J connectivity index is 0.000000902. The maximum Gasteiger partial charge on any atom is 0.231 e. The lowest BCUT2D eigenvalue weighted by Gasteiger charge is -2.33. The Labute approximate surface area is 126 Å². The number of piperazine rings is 1. The average molecular weight is 307 g/mol. The molecule has 2 aliphatic rings. The lowest BCUT2D eigenvalue weighted by Crippen LogP contribution is -2.44. The molecule has 0 radical (unpaired) electrons. The second-order valence-electron chi connectivity index (χ2n) is 4.54. The molecule has 0 unspecified atom stereocenters. The third-order valence-electron chi connectivity index (χ3n) is 3.58. The Morgan fingerprint density at radius 3 is 2.63 bits per heavy atom. The van der Waals surface area contributed by atoms with E-state index in [2.05, 4.69) is 23.2 Å². The van der Waals surface area contributed by atoms with Gasteiger partial charge in [0.05, 0.1) is 0 Å². The molecule has 2 aliphatic heterocycles. The van der Waals surface area contributed by atoms with Crippen LogP contribution < -0.4 is 14.8 Å². The van der Waals surface area contributed by atoms with E-state index in [0.717, 1.165) is 37.7 Å². The first-order valence-corrected chi connectivity index (χ1v) is 6.19. The number of nitrogens with one attached hydrogen (secondary N) is 1. The average Bonchev–Trinajstić information content (AvgIpc) is 2.87. The number of rotatable bonds is 2. The molecule has 3 rings (SSSR count). The predicted octanol–water partition coefficient (Wildman–Crippen LogP) is 2.23. The van der Waals surface area contributed by atoms with Crippen LogP contribution in [0.3, 0.4) is 0 Å². The quantitative estimate of drug-likeness (QED) is 0.908. The van der Waals surface area contributed by atoms with Gasteiger partial charge in [0.15, 0.2) is 11.5 Å². The van der Waals surface area contributed by atoms with Gasteiger partial charge in [0.25, 0.3) is 0 Å². The third kappa shape index (κ3) is 3.26. The van der Waals surface area contributed by atoms with Crippen LogP contribution in [-0.4, -0.2) is 37.9 Å². The molecule has 0 saturated carbocycles. The number of fused-ring (bicyclic) bond motifs is 1. The molecule has 0 bridgehead atoms. The summed E-state index contributed by atoms with van der Waals surface area (Å²) in [4.78, 5) is 2.48. The largest absolute Gasteiger partial charge is 0.454 e. The number of ether oxygens (including phenoxy) is 2. The smallest absolute Gasteiger partial charge is 0.231 e. The minimum absolute atomic E-state index is 0. The molecule has 1 saturated heterocycles. The SMILES string of the molecule is C[C@@H](c1cccc2c1OCO2)N1CCNCC1.Cl.Cl. The normalized spacial score (nSPS) is 19.2. The van der Waals surface area contributed by atoms with Crippen molar-refractivity contribution in [3.05, 3.63) is 23.8 Å². The molecule has 6 heteroatoms. The Kier molecular flexibility index (Phi) is 6.20. The number of halogens is 2. The zero-order valence-corrected chi connectivity index (χ0v) is 12.6. The summed E-state index contributed by atoms with van der Waals surface area (Å²) in [5, 5.41) is 3.38. The second kappa shape index (κ2) is 7.20. The van der Waals surface area contributed by atoms with E-state index in [0.29, 0.717) is 12.8 Å². The topological polar surface area (TPSA) is 33.7 Å². The first-order chi connectivity index (χ1) is 8.36. The highest BCUT2D eigenvalue weighted by Crippen LogP contribution is 2.39. The summed E-state index contributed by atoms with van der Waals surface area (Å²) in [5.74, 6) is 1.81. The minimum atomic E-state index is 0. The van der Waals surface area contributed by atoms with Gasteiger partial charge < -0.3 is 14.8 Å². The fraction of sp³-hybridized carbons (Fsp3) is 0.538. The second-order valence-corrected chi connectivity index (χ2v) is 4.54. The van der Waals surface area contributed by atoms with Crippen molar-refractivity contribution >= 4 is 24.8 Å². The highest BCUT2D eigenvalue weighted by atomic mass is 35.5. The molecule has 1 fully saturated rings. The Morgan fingerprint density at radius 2 is 1.89 bits per heavy atom. The highest BCUT2D eigenvalue weighted by molar-refractivity contribution is 5.85. The molecule has 1 N–H and O–H groups in total. The van der Waals surface area contributed by atoms with Gasteiger partial charge >= 0.3 is 0 Å². The van der Waals surface area contributed by atoms with E-state index in [1.807, 2.05) is 12.1 Å². The summed E-state index contributed by atoms with van der Waals surface area (Å²) in [6, 6.07) is 6.53. The molecule has 0 aromatic heterocycles. The van der Waals surface area contributed by atoms with Gasteiger partial charge in [-0.05, 0) is 13.0 Å². The third-order valence-corrected chi connectivity index (χ3v) is 3.58. The monoisotopic (exact) mass is 306 g/mol. The van der Waals surface area contributed by atoms with E-state index in [1.165, 1.54) is 5.56 Å². The zero-order chi connectivity index (χ0) is 11.7. The lowest BCUT2D eigenvalue weighted by atomic mass is 10.0. The molecule has 1 aromatic carbocycles. The van der Waals surface area contributed by atoms with Crippen LogP contribution in [0.5, 0.6) is 11.5 Å². The van der Waals surface area contributed by atoms with Crippen molar-refractivity contribution in [2.24, 2.45) is 0 Å². The fourth-order valence-corrected chi connectivity index (χ4v) is 2.55. The summed E-state index contributed by atoms with van der Waals surface area (Å²) in [6.07, 6.45) is 0. The van der Waals surface area contributed by atoms with Crippen LogP contribution in [0.25, 0.3) is 0 Å². The van der Waals surface area contributed by atoms with Gasteiger partial charge in [-0.2, -0.15) is 0 Å². The standard InChI is InChI=1S/C13H18N2O2.2ClH/c1-10(15-7-5-14-6-8-15)11-3-2-4-12-13(11)17-9-16-12;;/h2-4,10,14H,5-9H2,1H3;2*1H/t10-;;/m0../s1. The van der Waals surface area contributed by atoms with Gasteiger partial charge in [-0.25, -0.2) is 0 Å². The zero-order valence-electron chi connectivity index (χ0n) is 10.9. The van der Waals surface area contributed by atoms with Crippen molar-refractivity contribution < 1.29 is 9.47 Å². The van der Waals surface area contributed by atoms with Crippen LogP contribution in [0.1, 0.15) is 18.5 Å². The van der Waals surface area contributed by atoms with E-state index >= 15 is 0 Å². The van der Waals surface area contributed by atoms with Gasteiger partial charge in [-0.15, -0.1) is 24.8 Å². The summed E-state index contributed by atoms with van der Waals surface area (Å²) >= 11 is 0. The molecule has 19 heavy (non-hydrogen) atoms. The van der Waals surface area contributed by atoms with Crippen molar-refractivity contribution in [3.63, 3.8) is 0 Å². The number of hydrogen-bond donors (Lipinski definition) is 1. The summed E-state index contributed by atoms with van der Waals surface area (Å²) in [6.45, 7) is 6.90. The van der Waals surface area contributed by atoms with Crippen LogP contribution in [0.2, 0.25) is 0 Å². The molecule has 0 amide bonds. The molecular formula is C13H20Cl2N2O2. The van der Waals surface area contributed by atoms with Crippen LogP contribution >= 0.6 is 24.8 Å². The van der Waals surface area contributed by atoms with E-state index in [4.69, 9.17) is 9.47 Å². The first-order valence-electron chi connectivity index (χ1n) is 6.19. The summed E-state index contributed by atoms with van der Waals surface area (Å²) in [5.41, 5.74) is 1.24. The van der Waals surface area contributed by atoms with Gasteiger partial charge in [0.2, 0.25) is 6.79 Å². The van der Waals surface area contributed by atoms with Crippen molar-refractivity contribution in [1.82, 2.24) is 10.2 Å². The van der Waals surface area contributed by atoms with Crippen LogP contribution in [0.15, 0.2) is 18.2 Å².